The highest BCUT2D eigenvalue weighted by atomic mass is 16.6. The van der Waals surface area contributed by atoms with Gasteiger partial charge in [-0.2, -0.15) is 0 Å². The van der Waals surface area contributed by atoms with E-state index in [9.17, 15) is 15.2 Å². The molecular formula is C17H20N2O6. The predicted octanol–water partition coefficient (Wildman–Crippen LogP) is 2.74. The molecule has 0 saturated heterocycles. The molecule has 0 bridgehead atoms. The molecule has 0 aromatic heterocycles. The van der Waals surface area contributed by atoms with Gasteiger partial charge in [0.25, 0.3) is 5.69 Å². The van der Waals surface area contributed by atoms with Gasteiger partial charge in [-0.05, 0) is 23.8 Å². The number of nitrogens with one attached hydrogen (secondary N) is 1. The molecule has 0 aliphatic heterocycles. The fraction of sp³-hybridized carbons (Fsp3) is 0.294. The van der Waals surface area contributed by atoms with Gasteiger partial charge < -0.3 is 24.6 Å². The van der Waals surface area contributed by atoms with E-state index in [1.807, 2.05) is 0 Å². The SMILES string of the molecule is CNc1ccc([N+](=O)[O-])cc1[C@H](O)c1cc(OC)c(OC)c(OC)c1. The second-order valence-corrected chi connectivity index (χ2v) is 5.14. The quantitative estimate of drug-likeness (QED) is 0.586. The van der Waals surface area contributed by atoms with Gasteiger partial charge in [0.2, 0.25) is 5.75 Å². The van der Waals surface area contributed by atoms with Crippen molar-refractivity contribution < 1.29 is 24.2 Å². The van der Waals surface area contributed by atoms with Crippen LogP contribution in [-0.4, -0.2) is 38.4 Å². The first-order chi connectivity index (χ1) is 12.0. The third-order valence-corrected chi connectivity index (χ3v) is 3.81. The summed E-state index contributed by atoms with van der Waals surface area (Å²) in [5.41, 5.74) is 1.28. The van der Waals surface area contributed by atoms with E-state index in [0.29, 0.717) is 34.1 Å². The molecule has 2 aromatic rings. The van der Waals surface area contributed by atoms with E-state index < -0.39 is 11.0 Å². The number of hydrogen-bond donors (Lipinski definition) is 2. The Labute approximate surface area is 145 Å². The van der Waals surface area contributed by atoms with Crippen molar-refractivity contribution in [1.29, 1.82) is 0 Å². The zero-order valence-corrected chi connectivity index (χ0v) is 14.4. The van der Waals surface area contributed by atoms with Crippen LogP contribution in [0.3, 0.4) is 0 Å². The Kier molecular flexibility index (Phi) is 5.66. The van der Waals surface area contributed by atoms with Gasteiger partial charge in [-0.15, -0.1) is 0 Å². The summed E-state index contributed by atoms with van der Waals surface area (Å²) in [6, 6.07) is 7.46. The lowest BCUT2D eigenvalue weighted by Gasteiger charge is -2.19. The van der Waals surface area contributed by atoms with Crippen LogP contribution in [0.25, 0.3) is 0 Å². The molecule has 0 aliphatic carbocycles. The van der Waals surface area contributed by atoms with Gasteiger partial charge in [0, 0.05) is 30.4 Å². The highest BCUT2D eigenvalue weighted by molar-refractivity contribution is 5.61. The molecular weight excluding hydrogens is 328 g/mol. The van der Waals surface area contributed by atoms with Crippen LogP contribution in [-0.2, 0) is 0 Å². The summed E-state index contributed by atoms with van der Waals surface area (Å²) >= 11 is 0. The predicted molar refractivity (Wildman–Crippen MR) is 92.8 cm³/mol. The minimum absolute atomic E-state index is 0.111. The lowest BCUT2D eigenvalue weighted by atomic mass is 9.98. The van der Waals surface area contributed by atoms with Gasteiger partial charge in [-0.25, -0.2) is 0 Å². The van der Waals surface area contributed by atoms with Gasteiger partial charge in [0.15, 0.2) is 11.5 Å². The first-order valence-electron chi connectivity index (χ1n) is 7.40. The smallest absolute Gasteiger partial charge is 0.269 e. The molecule has 0 aliphatic rings. The molecule has 2 aromatic carbocycles. The van der Waals surface area contributed by atoms with Gasteiger partial charge in [-0.3, -0.25) is 10.1 Å². The molecule has 134 valence electrons. The number of ether oxygens (including phenoxy) is 3. The van der Waals surface area contributed by atoms with Crippen molar-refractivity contribution in [2.45, 2.75) is 6.10 Å². The maximum absolute atomic E-state index is 11.0. The number of aliphatic hydroxyl groups excluding tert-OH is 1. The molecule has 1 atom stereocenters. The maximum Gasteiger partial charge on any atom is 0.269 e. The number of hydrogen-bond acceptors (Lipinski definition) is 7. The van der Waals surface area contributed by atoms with Gasteiger partial charge >= 0.3 is 0 Å². The molecule has 8 nitrogen and oxygen atoms in total. The van der Waals surface area contributed by atoms with Crippen molar-refractivity contribution >= 4 is 11.4 Å². The topological polar surface area (TPSA) is 103 Å². The summed E-state index contributed by atoms with van der Waals surface area (Å²) in [5.74, 6) is 1.16. The largest absolute Gasteiger partial charge is 0.493 e. The van der Waals surface area contributed by atoms with Gasteiger partial charge in [-0.1, -0.05) is 0 Å². The van der Waals surface area contributed by atoms with Crippen LogP contribution in [0.2, 0.25) is 0 Å². The Balaban J connectivity index is 2.59. The van der Waals surface area contributed by atoms with Crippen LogP contribution in [0.4, 0.5) is 11.4 Å². The molecule has 0 amide bonds. The van der Waals surface area contributed by atoms with Crippen LogP contribution in [0.15, 0.2) is 30.3 Å². The molecule has 8 heteroatoms. The number of nitrogens with zero attached hydrogens (tertiary/aromatic N) is 1. The molecule has 0 unspecified atom stereocenters. The lowest BCUT2D eigenvalue weighted by molar-refractivity contribution is -0.384. The number of methoxy groups -OCH3 is 3. The zero-order valence-electron chi connectivity index (χ0n) is 14.4. The maximum atomic E-state index is 11.0. The van der Waals surface area contributed by atoms with Crippen molar-refractivity contribution in [1.82, 2.24) is 0 Å². The number of anilines is 1. The van der Waals surface area contributed by atoms with Crippen molar-refractivity contribution in [2.75, 3.05) is 33.7 Å². The van der Waals surface area contributed by atoms with E-state index in [1.165, 1.54) is 33.5 Å². The lowest BCUT2D eigenvalue weighted by Crippen LogP contribution is -2.06. The van der Waals surface area contributed by atoms with Crippen molar-refractivity contribution in [3.8, 4) is 17.2 Å². The van der Waals surface area contributed by atoms with E-state index in [4.69, 9.17) is 14.2 Å². The summed E-state index contributed by atoms with van der Waals surface area (Å²) < 4.78 is 15.8. The Morgan fingerprint density at radius 3 is 2.12 bits per heavy atom. The number of non-ortho nitro benzene ring substituents is 1. The Bertz CT molecular complexity index is 753. The minimum atomic E-state index is -1.13. The van der Waals surface area contributed by atoms with Crippen molar-refractivity contribution in [2.24, 2.45) is 0 Å². The molecule has 0 spiro atoms. The number of nitro benzene ring substituents is 1. The Hall–Kier alpha value is -3.00. The van der Waals surface area contributed by atoms with E-state index >= 15 is 0 Å². The van der Waals surface area contributed by atoms with Crippen LogP contribution < -0.4 is 19.5 Å². The second-order valence-electron chi connectivity index (χ2n) is 5.14. The Morgan fingerprint density at radius 2 is 1.68 bits per heavy atom. The summed E-state index contributed by atoms with van der Waals surface area (Å²) in [6.07, 6.45) is -1.13. The van der Waals surface area contributed by atoms with E-state index in [1.54, 1.807) is 25.2 Å². The average Bonchev–Trinajstić information content (AvgIpc) is 2.65. The van der Waals surface area contributed by atoms with E-state index in [-0.39, 0.29) is 5.69 Å². The highest BCUT2D eigenvalue weighted by Crippen LogP contribution is 2.42. The molecule has 0 radical (unpaired) electrons. The zero-order chi connectivity index (χ0) is 18.6. The van der Waals surface area contributed by atoms with Crippen molar-refractivity contribution in [3.63, 3.8) is 0 Å². The summed E-state index contributed by atoms with van der Waals surface area (Å²) in [7, 11) is 6.10. The highest BCUT2D eigenvalue weighted by Gasteiger charge is 2.22. The van der Waals surface area contributed by atoms with Crippen LogP contribution >= 0.6 is 0 Å². The minimum Gasteiger partial charge on any atom is -0.493 e. The summed E-state index contributed by atoms with van der Waals surface area (Å²) in [5, 5.41) is 24.8. The average molecular weight is 348 g/mol. The molecule has 2 rings (SSSR count). The summed E-state index contributed by atoms with van der Waals surface area (Å²) in [6.45, 7) is 0. The first kappa shape index (κ1) is 18.3. The number of rotatable bonds is 7. The number of benzene rings is 2. The number of aliphatic hydroxyl groups is 1. The fourth-order valence-electron chi connectivity index (χ4n) is 2.56. The number of nitro groups is 1. The fourth-order valence-corrected chi connectivity index (χ4v) is 2.56. The molecule has 0 fully saturated rings. The van der Waals surface area contributed by atoms with Gasteiger partial charge in [0.05, 0.1) is 26.3 Å². The molecule has 0 heterocycles. The molecule has 25 heavy (non-hydrogen) atoms. The van der Waals surface area contributed by atoms with E-state index in [2.05, 4.69) is 5.32 Å². The summed E-state index contributed by atoms with van der Waals surface area (Å²) in [4.78, 5) is 10.5. The first-order valence-corrected chi connectivity index (χ1v) is 7.40. The van der Waals surface area contributed by atoms with Crippen LogP contribution in [0, 0.1) is 10.1 Å². The Morgan fingerprint density at radius 1 is 1.08 bits per heavy atom. The van der Waals surface area contributed by atoms with E-state index in [0.717, 1.165) is 0 Å². The van der Waals surface area contributed by atoms with Crippen LogP contribution in [0.5, 0.6) is 17.2 Å². The third-order valence-electron chi connectivity index (χ3n) is 3.81. The molecule has 0 saturated carbocycles. The molecule has 2 N–H and O–H groups in total. The monoisotopic (exact) mass is 348 g/mol. The normalized spacial score (nSPS) is 11.6. The second kappa shape index (κ2) is 7.71. The van der Waals surface area contributed by atoms with Crippen LogP contribution in [0.1, 0.15) is 17.2 Å². The third kappa shape index (κ3) is 3.58. The van der Waals surface area contributed by atoms with Gasteiger partial charge in [0.1, 0.15) is 6.10 Å². The van der Waals surface area contributed by atoms with Crippen molar-refractivity contribution in [3.05, 3.63) is 51.6 Å². The standard InChI is InChI=1S/C17H20N2O6/c1-18-13-6-5-11(19(21)22)9-12(13)16(20)10-7-14(23-2)17(25-4)15(8-10)24-3/h5-9,16,18,20H,1-4H3/t16-/m1/s1.